The van der Waals surface area contributed by atoms with Gasteiger partial charge in [-0.25, -0.2) is 8.42 Å². The fourth-order valence-electron chi connectivity index (χ4n) is 2.23. The number of hydrogen-bond acceptors (Lipinski definition) is 4. The van der Waals surface area contributed by atoms with Crippen molar-refractivity contribution in [1.82, 2.24) is 5.32 Å². The molecule has 1 aliphatic heterocycles. The number of hydrogen-bond donors (Lipinski definition) is 1. The smallest absolute Gasteiger partial charge is 0.369 e. The van der Waals surface area contributed by atoms with Crippen LogP contribution in [0.2, 0.25) is 0 Å². The Bertz CT molecular complexity index is 667. The molecule has 1 N–H and O–H groups in total. The lowest BCUT2D eigenvalue weighted by molar-refractivity contribution is -0.125. The van der Waals surface area contributed by atoms with Gasteiger partial charge in [0.15, 0.2) is 0 Å². The number of rotatable bonds is 4. The molecule has 0 aromatic heterocycles. The van der Waals surface area contributed by atoms with Crippen LogP contribution in [-0.4, -0.2) is 39.5 Å². The van der Waals surface area contributed by atoms with E-state index in [1.165, 1.54) is 23.1 Å². The van der Waals surface area contributed by atoms with Crippen molar-refractivity contribution < 1.29 is 26.4 Å². The van der Waals surface area contributed by atoms with Gasteiger partial charge in [-0.1, -0.05) is 12.1 Å². The molecule has 122 valence electrons. The van der Waals surface area contributed by atoms with E-state index in [0.29, 0.717) is 6.54 Å². The summed E-state index contributed by atoms with van der Waals surface area (Å²) in [6.45, 7) is 2.61. The van der Waals surface area contributed by atoms with Crippen molar-refractivity contribution in [3.05, 3.63) is 24.3 Å². The number of sulfone groups is 1. The van der Waals surface area contributed by atoms with E-state index in [4.69, 9.17) is 0 Å². The third kappa shape index (κ3) is 2.90. The van der Waals surface area contributed by atoms with Crippen molar-refractivity contribution in [2.75, 3.05) is 24.5 Å². The lowest BCUT2D eigenvalue weighted by atomic mass is 9.98. The largest absolute Gasteiger partial charge is 0.501 e. The van der Waals surface area contributed by atoms with E-state index in [1.807, 2.05) is 0 Å². The van der Waals surface area contributed by atoms with Gasteiger partial charge in [0.05, 0.1) is 16.5 Å². The summed E-state index contributed by atoms with van der Waals surface area (Å²) in [4.78, 5) is 12.3. The molecular formula is C13H15F3N2O3S. The van der Waals surface area contributed by atoms with Crippen LogP contribution in [-0.2, 0) is 14.6 Å². The van der Waals surface area contributed by atoms with Crippen LogP contribution < -0.4 is 10.2 Å². The molecule has 1 aromatic carbocycles. The van der Waals surface area contributed by atoms with Gasteiger partial charge in [-0.3, -0.25) is 4.79 Å². The molecule has 9 heteroatoms. The van der Waals surface area contributed by atoms with Crippen molar-refractivity contribution >= 4 is 21.4 Å². The molecule has 1 amide bonds. The first kappa shape index (κ1) is 16.6. The lowest BCUT2D eigenvalue weighted by Crippen LogP contribution is -2.54. The molecule has 5 nitrogen and oxygen atoms in total. The van der Waals surface area contributed by atoms with E-state index in [2.05, 4.69) is 5.32 Å². The first-order valence-electron chi connectivity index (χ1n) is 6.61. The molecule has 22 heavy (non-hydrogen) atoms. The van der Waals surface area contributed by atoms with Gasteiger partial charge in [-0.2, -0.15) is 13.2 Å². The zero-order chi connectivity index (χ0) is 16.5. The predicted octanol–water partition coefficient (Wildman–Crippen LogP) is 1.55. The van der Waals surface area contributed by atoms with Crippen molar-refractivity contribution in [2.45, 2.75) is 17.3 Å². The van der Waals surface area contributed by atoms with Crippen molar-refractivity contribution in [3.8, 4) is 0 Å². The normalized spacial score (nSPS) is 16.3. The Morgan fingerprint density at radius 2 is 1.91 bits per heavy atom. The number of carbonyl (C=O) groups is 1. The standard InChI is InChI=1S/C13H15F3N2O3S/c1-2-17-12(19)9-7-18(8-9)10-5-3-4-6-11(10)22(20,21)13(14,15)16/h3-6,9H,2,7-8H2,1H3,(H,17,19). The molecule has 1 aliphatic rings. The summed E-state index contributed by atoms with van der Waals surface area (Å²) in [6.07, 6.45) is 0. The van der Waals surface area contributed by atoms with Crippen molar-refractivity contribution in [1.29, 1.82) is 0 Å². The Hall–Kier alpha value is -1.77. The van der Waals surface area contributed by atoms with Crippen molar-refractivity contribution in [2.24, 2.45) is 5.92 Å². The minimum Gasteiger partial charge on any atom is -0.369 e. The second-order valence-corrected chi connectivity index (χ2v) is 6.82. The second kappa shape index (κ2) is 5.79. The van der Waals surface area contributed by atoms with E-state index in [9.17, 15) is 26.4 Å². The van der Waals surface area contributed by atoms with Gasteiger partial charge in [0.25, 0.3) is 9.84 Å². The van der Waals surface area contributed by atoms with E-state index in [-0.39, 0.29) is 30.6 Å². The van der Waals surface area contributed by atoms with Crippen LogP contribution in [0.4, 0.5) is 18.9 Å². The number of benzene rings is 1. The Balaban J connectivity index is 2.24. The maximum absolute atomic E-state index is 12.7. The fourth-order valence-corrected chi connectivity index (χ4v) is 3.21. The number of alkyl halides is 3. The molecule has 0 saturated carbocycles. The molecule has 0 aliphatic carbocycles. The van der Waals surface area contributed by atoms with E-state index in [0.717, 1.165) is 6.07 Å². The average molecular weight is 336 g/mol. The highest BCUT2D eigenvalue weighted by molar-refractivity contribution is 7.92. The Labute approximate surface area is 126 Å². The molecule has 0 atom stereocenters. The zero-order valence-electron chi connectivity index (χ0n) is 11.7. The van der Waals surface area contributed by atoms with Gasteiger partial charge in [0.1, 0.15) is 0 Å². The monoisotopic (exact) mass is 336 g/mol. The summed E-state index contributed by atoms with van der Waals surface area (Å²) in [5.41, 5.74) is -5.38. The average Bonchev–Trinajstić information content (AvgIpc) is 2.36. The summed E-state index contributed by atoms with van der Waals surface area (Å²) in [5, 5.41) is 2.62. The topological polar surface area (TPSA) is 66.5 Å². The fraction of sp³-hybridized carbons (Fsp3) is 0.462. The van der Waals surface area contributed by atoms with Crippen LogP contribution in [0.25, 0.3) is 0 Å². The minimum absolute atomic E-state index is 0.0274. The van der Waals surface area contributed by atoms with Gasteiger partial charge in [0, 0.05) is 19.6 Å². The summed E-state index contributed by atoms with van der Waals surface area (Å²) in [6, 6.07) is 4.94. The molecule has 1 fully saturated rings. The summed E-state index contributed by atoms with van der Waals surface area (Å²) < 4.78 is 61.4. The summed E-state index contributed by atoms with van der Waals surface area (Å²) in [5.74, 6) is -0.531. The van der Waals surface area contributed by atoms with E-state index >= 15 is 0 Å². The van der Waals surface area contributed by atoms with Gasteiger partial charge in [-0.15, -0.1) is 0 Å². The number of carbonyl (C=O) groups excluding carboxylic acids is 1. The summed E-state index contributed by atoms with van der Waals surface area (Å²) in [7, 11) is -5.42. The molecule has 0 bridgehead atoms. The minimum atomic E-state index is -5.42. The highest BCUT2D eigenvalue weighted by Crippen LogP contribution is 2.37. The number of amides is 1. The number of nitrogens with zero attached hydrogens (tertiary/aromatic N) is 1. The first-order valence-corrected chi connectivity index (χ1v) is 8.10. The molecule has 1 aromatic rings. The van der Waals surface area contributed by atoms with E-state index in [1.54, 1.807) is 6.92 Å². The molecule has 1 saturated heterocycles. The maximum Gasteiger partial charge on any atom is 0.501 e. The Morgan fingerprint density at radius 3 is 2.45 bits per heavy atom. The highest BCUT2D eigenvalue weighted by Gasteiger charge is 2.49. The molecular weight excluding hydrogens is 321 g/mol. The number of halogens is 3. The molecule has 0 unspecified atom stereocenters. The number of anilines is 1. The van der Waals surface area contributed by atoms with Gasteiger partial charge >= 0.3 is 5.51 Å². The predicted molar refractivity (Wildman–Crippen MR) is 74.1 cm³/mol. The van der Waals surface area contributed by atoms with Gasteiger partial charge in [-0.05, 0) is 19.1 Å². The second-order valence-electron chi connectivity index (χ2n) is 4.91. The molecule has 0 radical (unpaired) electrons. The van der Waals surface area contributed by atoms with Crippen LogP contribution in [0.1, 0.15) is 6.92 Å². The first-order chi connectivity index (χ1) is 10.2. The molecule has 0 spiro atoms. The maximum atomic E-state index is 12.7. The SMILES string of the molecule is CCNC(=O)C1CN(c2ccccc2S(=O)(=O)C(F)(F)F)C1. The molecule has 2 rings (SSSR count). The third-order valence-corrected chi connectivity index (χ3v) is 4.94. The third-order valence-electron chi connectivity index (χ3n) is 3.40. The quantitative estimate of drug-likeness (QED) is 0.906. The van der Waals surface area contributed by atoms with E-state index < -0.39 is 20.2 Å². The van der Waals surface area contributed by atoms with Crippen LogP contribution in [0.15, 0.2) is 29.2 Å². The Kier molecular flexibility index (Phi) is 4.37. The van der Waals surface area contributed by atoms with Crippen molar-refractivity contribution in [3.63, 3.8) is 0 Å². The molecule has 1 heterocycles. The van der Waals surface area contributed by atoms with Crippen LogP contribution in [0.5, 0.6) is 0 Å². The van der Waals surface area contributed by atoms with Crippen LogP contribution in [0, 0.1) is 5.92 Å². The zero-order valence-corrected chi connectivity index (χ0v) is 12.5. The van der Waals surface area contributed by atoms with Gasteiger partial charge < -0.3 is 10.2 Å². The van der Waals surface area contributed by atoms with Crippen LogP contribution in [0.3, 0.4) is 0 Å². The Morgan fingerprint density at radius 1 is 1.32 bits per heavy atom. The highest BCUT2D eigenvalue weighted by atomic mass is 32.2. The number of para-hydroxylation sites is 1. The summed E-state index contributed by atoms with van der Waals surface area (Å²) >= 11 is 0. The number of nitrogens with one attached hydrogen (secondary N) is 1. The van der Waals surface area contributed by atoms with Crippen LogP contribution >= 0.6 is 0 Å². The van der Waals surface area contributed by atoms with Gasteiger partial charge in [0.2, 0.25) is 5.91 Å². The lowest BCUT2D eigenvalue weighted by Gasteiger charge is -2.40.